The van der Waals surface area contributed by atoms with Crippen LogP contribution in [0, 0.1) is 0 Å². The fourth-order valence-corrected chi connectivity index (χ4v) is 2.97. The highest BCUT2D eigenvalue weighted by atomic mass is 16.5. The first-order valence-corrected chi connectivity index (χ1v) is 8.89. The van der Waals surface area contributed by atoms with Gasteiger partial charge in [0, 0.05) is 6.54 Å². The van der Waals surface area contributed by atoms with Crippen LogP contribution in [-0.2, 0) is 17.8 Å². The van der Waals surface area contributed by atoms with Crippen LogP contribution in [0.2, 0.25) is 0 Å². The van der Waals surface area contributed by atoms with E-state index >= 15 is 0 Å². The molecule has 0 aliphatic carbocycles. The van der Waals surface area contributed by atoms with E-state index < -0.39 is 0 Å². The predicted octanol–water partition coefficient (Wildman–Crippen LogP) is 4.04. The van der Waals surface area contributed by atoms with Crippen LogP contribution < -0.4 is 10.1 Å². The minimum absolute atomic E-state index is 0.0231. The highest BCUT2D eigenvalue weighted by Crippen LogP contribution is 2.23. The highest BCUT2D eigenvalue weighted by molar-refractivity contribution is 5.84. The summed E-state index contributed by atoms with van der Waals surface area (Å²) in [6, 6.07) is 24.4. The molecule has 0 radical (unpaired) electrons. The summed E-state index contributed by atoms with van der Waals surface area (Å²) >= 11 is 0. The monoisotopic (exact) mass is 361 g/mol. The quantitative estimate of drug-likeness (QED) is 0.668. The van der Waals surface area contributed by atoms with Crippen LogP contribution in [0.3, 0.4) is 0 Å². The van der Waals surface area contributed by atoms with Crippen molar-refractivity contribution in [3.05, 3.63) is 95.6 Å². The normalized spacial score (nSPS) is 11.6. The number of amides is 1. The van der Waals surface area contributed by atoms with Gasteiger partial charge < -0.3 is 15.2 Å². The molecule has 0 aromatic heterocycles. The number of carbonyl (C=O) groups is 1. The Bertz CT molecular complexity index is 858. The van der Waals surface area contributed by atoms with Crippen LogP contribution in [0.1, 0.15) is 22.6 Å². The third-order valence-electron chi connectivity index (χ3n) is 4.52. The minimum Gasteiger partial charge on any atom is -0.508 e. The number of hydrogen-bond donors (Lipinski definition) is 2. The molecule has 0 spiro atoms. The van der Waals surface area contributed by atoms with Gasteiger partial charge in [0.25, 0.3) is 0 Å². The molecule has 3 rings (SSSR count). The molecule has 4 heteroatoms. The van der Waals surface area contributed by atoms with E-state index in [1.54, 1.807) is 19.2 Å². The van der Waals surface area contributed by atoms with Gasteiger partial charge in [0.05, 0.1) is 13.0 Å². The van der Waals surface area contributed by atoms with Crippen molar-refractivity contribution in [3.63, 3.8) is 0 Å². The highest BCUT2D eigenvalue weighted by Gasteiger charge is 2.20. The van der Waals surface area contributed by atoms with Gasteiger partial charge in [-0.05, 0) is 47.4 Å². The van der Waals surface area contributed by atoms with Crippen molar-refractivity contribution in [2.24, 2.45) is 0 Å². The van der Waals surface area contributed by atoms with Gasteiger partial charge in [0.15, 0.2) is 0 Å². The van der Waals surface area contributed by atoms with Crippen molar-refractivity contribution >= 4 is 5.91 Å². The lowest BCUT2D eigenvalue weighted by Gasteiger charge is -2.18. The van der Waals surface area contributed by atoms with E-state index in [1.165, 1.54) is 0 Å². The molecule has 1 amide bonds. The number of carbonyl (C=O) groups excluding carboxylic acids is 1. The fraction of sp³-hybridized carbons (Fsp3) is 0.174. The topological polar surface area (TPSA) is 58.6 Å². The maximum atomic E-state index is 12.9. The van der Waals surface area contributed by atoms with Gasteiger partial charge in [-0.25, -0.2) is 0 Å². The van der Waals surface area contributed by atoms with Crippen molar-refractivity contribution in [2.45, 2.75) is 18.9 Å². The Morgan fingerprint density at radius 2 is 1.56 bits per heavy atom. The lowest BCUT2D eigenvalue weighted by molar-refractivity contribution is -0.122. The number of rotatable bonds is 7. The zero-order chi connectivity index (χ0) is 19.1. The molecule has 1 atom stereocenters. The Hall–Kier alpha value is -3.27. The lowest BCUT2D eigenvalue weighted by Crippen LogP contribution is -2.30. The molecule has 0 saturated heterocycles. The number of methoxy groups -OCH3 is 1. The van der Waals surface area contributed by atoms with Crippen LogP contribution in [0.15, 0.2) is 78.9 Å². The summed E-state index contributed by atoms with van der Waals surface area (Å²) in [6.07, 6.45) is 0.568. The summed E-state index contributed by atoms with van der Waals surface area (Å²) in [5, 5.41) is 12.5. The van der Waals surface area contributed by atoms with E-state index in [9.17, 15) is 9.90 Å². The number of ether oxygens (including phenoxy) is 1. The van der Waals surface area contributed by atoms with Crippen LogP contribution in [0.25, 0.3) is 0 Å². The number of aromatic hydroxyl groups is 1. The van der Waals surface area contributed by atoms with Crippen LogP contribution in [0.4, 0.5) is 0 Å². The summed E-state index contributed by atoms with van der Waals surface area (Å²) in [6.45, 7) is 0.460. The Morgan fingerprint density at radius 3 is 2.19 bits per heavy atom. The summed E-state index contributed by atoms with van der Waals surface area (Å²) in [5.74, 6) is 0.692. The van der Waals surface area contributed by atoms with Crippen LogP contribution in [-0.4, -0.2) is 18.1 Å². The van der Waals surface area contributed by atoms with E-state index in [1.807, 2.05) is 66.7 Å². The van der Waals surface area contributed by atoms with Gasteiger partial charge in [-0.2, -0.15) is 0 Å². The summed E-state index contributed by atoms with van der Waals surface area (Å²) < 4.78 is 5.16. The summed E-state index contributed by atoms with van der Waals surface area (Å²) in [7, 11) is 1.63. The second kappa shape index (κ2) is 8.90. The van der Waals surface area contributed by atoms with Gasteiger partial charge in [0.2, 0.25) is 5.91 Å². The molecule has 27 heavy (non-hydrogen) atoms. The first kappa shape index (κ1) is 18.5. The third-order valence-corrected chi connectivity index (χ3v) is 4.52. The molecule has 0 aliphatic heterocycles. The molecule has 3 aromatic rings. The SMILES string of the molecule is COc1ccc(CNC(=O)[C@H](Cc2ccc(O)cc2)c2ccccc2)cc1. The summed E-state index contributed by atoms with van der Waals surface area (Å²) in [4.78, 5) is 12.9. The Morgan fingerprint density at radius 1 is 0.926 bits per heavy atom. The van der Waals surface area contributed by atoms with E-state index in [4.69, 9.17) is 4.74 Å². The second-order valence-corrected chi connectivity index (χ2v) is 6.40. The molecule has 0 unspecified atom stereocenters. The fourth-order valence-electron chi connectivity index (χ4n) is 2.97. The molecule has 0 fully saturated rings. The molecule has 138 valence electrons. The van der Waals surface area contributed by atoms with E-state index in [0.29, 0.717) is 13.0 Å². The van der Waals surface area contributed by atoms with E-state index in [2.05, 4.69) is 5.32 Å². The zero-order valence-electron chi connectivity index (χ0n) is 15.3. The van der Waals surface area contributed by atoms with Crippen molar-refractivity contribution in [1.82, 2.24) is 5.32 Å². The maximum Gasteiger partial charge on any atom is 0.228 e. The largest absolute Gasteiger partial charge is 0.508 e. The average molecular weight is 361 g/mol. The number of phenols is 1. The summed E-state index contributed by atoms with van der Waals surface area (Å²) in [5.41, 5.74) is 2.99. The first-order valence-electron chi connectivity index (χ1n) is 8.89. The van der Waals surface area contributed by atoms with Gasteiger partial charge in [-0.3, -0.25) is 4.79 Å². The third kappa shape index (κ3) is 5.11. The molecule has 3 aromatic carbocycles. The minimum atomic E-state index is -0.297. The maximum absolute atomic E-state index is 12.9. The number of benzene rings is 3. The molecule has 0 aliphatic rings. The lowest BCUT2D eigenvalue weighted by atomic mass is 9.91. The standard InChI is InChI=1S/C23H23NO3/c1-27-21-13-9-18(10-14-21)16-24-23(26)22(19-5-3-2-4-6-19)15-17-7-11-20(25)12-8-17/h2-14,22,25H,15-16H2,1H3,(H,24,26)/t22-/m1/s1. The van der Waals surface area contributed by atoms with Crippen LogP contribution >= 0.6 is 0 Å². The molecule has 4 nitrogen and oxygen atoms in total. The van der Waals surface area contributed by atoms with Crippen molar-refractivity contribution < 1.29 is 14.6 Å². The Kier molecular flexibility index (Phi) is 6.10. The molecular formula is C23H23NO3. The molecular weight excluding hydrogens is 338 g/mol. The average Bonchev–Trinajstić information content (AvgIpc) is 2.72. The number of hydrogen-bond acceptors (Lipinski definition) is 3. The van der Waals surface area contributed by atoms with E-state index in [0.717, 1.165) is 22.4 Å². The van der Waals surface area contributed by atoms with Gasteiger partial charge in [-0.1, -0.05) is 54.6 Å². The molecule has 0 saturated carbocycles. The zero-order valence-corrected chi connectivity index (χ0v) is 15.3. The second-order valence-electron chi connectivity index (χ2n) is 6.40. The van der Waals surface area contributed by atoms with Crippen molar-refractivity contribution in [2.75, 3.05) is 7.11 Å². The Balaban J connectivity index is 1.72. The smallest absolute Gasteiger partial charge is 0.228 e. The number of nitrogens with one attached hydrogen (secondary N) is 1. The van der Waals surface area contributed by atoms with Crippen molar-refractivity contribution in [3.8, 4) is 11.5 Å². The van der Waals surface area contributed by atoms with Gasteiger partial charge in [0.1, 0.15) is 11.5 Å². The number of phenolic OH excluding ortho intramolecular Hbond substituents is 1. The molecule has 0 bridgehead atoms. The van der Waals surface area contributed by atoms with Gasteiger partial charge in [-0.15, -0.1) is 0 Å². The Labute approximate surface area is 159 Å². The molecule has 2 N–H and O–H groups in total. The van der Waals surface area contributed by atoms with Crippen LogP contribution in [0.5, 0.6) is 11.5 Å². The molecule has 0 heterocycles. The predicted molar refractivity (Wildman–Crippen MR) is 106 cm³/mol. The van der Waals surface area contributed by atoms with Gasteiger partial charge >= 0.3 is 0 Å². The first-order chi connectivity index (χ1) is 13.2. The van der Waals surface area contributed by atoms with Crippen molar-refractivity contribution in [1.29, 1.82) is 0 Å². The van der Waals surface area contributed by atoms with E-state index in [-0.39, 0.29) is 17.6 Å².